The number of hydrogen-bond donors (Lipinski definition) is 1. The van der Waals surface area contributed by atoms with E-state index in [9.17, 15) is 9.59 Å². The molecule has 0 aliphatic rings. The van der Waals surface area contributed by atoms with Crippen molar-refractivity contribution in [2.24, 2.45) is 0 Å². The summed E-state index contributed by atoms with van der Waals surface area (Å²) in [6, 6.07) is 12.6. The van der Waals surface area contributed by atoms with Crippen molar-refractivity contribution >= 4 is 40.7 Å². The minimum absolute atomic E-state index is 0.0655. The third-order valence-electron chi connectivity index (χ3n) is 4.18. The van der Waals surface area contributed by atoms with Crippen LogP contribution < -0.4 is 10.1 Å². The zero-order valence-electron chi connectivity index (χ0n) is 16.0. The average Bonchev–Trinajstić information content (AvgIpc) is 2.68. The summed E-state index contributed by atoms with van der Waals surface area (Å²) in [5, 5.41) is 3.38. The van der Waals surface area contributed by atoms with Crippen LogP contribution in [0.25, 0.3) is 0 Å². The molecule has 0 aromatic heterocycles. The summed E-state index contributed by atoms with van der Waals surface area (Å²) in [5.74, 6) is 0.334. The average molecular weight is 423 g/mol. The molecule has 2 aromatic rings. The van der Waals surface area contributed by atoms with E-state index in [0.717, 1.165) is 11.3 Å². The number of halogens is 2. The van der Waals surface area contributed by atoms with Crippen LogP contribution in [-0.2, 0) is 16.0 Å². The van der Waals surface area contributed by atoms with Crippen molar-refractivity contribution < 1.29 is 14.3 Å². The van der Waals surface area contributed by atoms with Crippen molar-refractivity contribution in [1.29, 1.82) is 0 Å². The maximum atomic E-state index is 12.6. The first kappa shape index (κ1) is 22.1. The maximum Gasteiger partial charge on any atom is 0.244 e. The van der Waals surface area contributed by atoms with Crippen molar-refractivity contribution in [2.75, 3.05) is 25.0 Å². The van der Waals surface area contributed by atoms with Gasteiger partial charge < -0.3 is 15.0 Å². The number of ether oxygens (including phenoxy) is 1. The van der Waals surface area contributed by atoms with Crippen molar-refractivity contribution in [1.82, 2.24) is 4.90 Å². The highest BCUT2D eigenvalue weighted by Gasteiger charge is 2.18. The molecule has 0 spiro atoms. The molecule has 0 bridgehead atoms. The second-order valence-electron chi connectivity index (χ2n) is 6.09. The second-order valence-corrected chi connectivity index (χ2v) is 6.91. The summed E-state index contributed by atoms with van der Waals surface area (Å²) in [7, 11) is 0. The molecule has 0 aliphatic carbocycles. The standard InChI is InChI=1S/C21H24Cl2N2O3/c1-3-25(14-19(26)24-21-16(22)9-7-10-17(21)23)20(27)13-12-15-8-5-6-11-18(15)28-4-2/h5-11H,3-4,12-14H2,1-2H3,(H,24,26). The highest BCUT2D eigenvalue weighted by Crippen LogP contribution is 2.29. The third kappa shape index (κ3) is 6.14. The minimum atomic E-state index is -0.347. The number of aryl methyl sites for hydroxylation is 1. The summed E-state index contributed by atoms with van der Waals surface area (Å²) in [5.41, 5.74) is 1.33. The number of anilines is 1. The lowest BCUT2D eigenvalue weighted by Gasteiger charge is -2.21. The Morgan fingerprint density at radius 1 is 1.04 bits per heavy atom. The molecule has 0 fully saturated rings. The quantitative estimate of drug-likeness (QED) is 0.630. The fourth-order valence-corrected chi connectivity index (χ4v) is 3.24. The number of likely N-dealkylation sites (N-methyl/N-ethyl adjacent to an activating group) is 1. The first-order valence-corrected chi connectivity index (χ1v) is 9.94. The summed E-state index contributed by atoms with van der Waals surface area (Å²) in [6.07, 6.45) is 0.835. The molecule has 0 heterocycles. The zero-order valence-corrected chi connectivity index (χ0v) is 17.5. The molecule has 2 aromatic carbocycles. The molecular weight excluding hydrogens is 399 g/mol. The molecule has 0 atom stereocenters. The van der Waals surface area contributed by atoms with Gasteiger partial charge in [-0.1, -0.05) is 47.5 Å². The number of rotatable bonds is 9. The van der Waals surface area contributed by atoms with Crippen molar-refractivity contribution in [3.8, 4) is 5.75 Å². The van der Waals surface area contributed by atoms with Gasteiger partial charge in [0.2, 0.25) is 11.8 Å². The fraction of sp³-hybridized carbons (Fsp3) is 0.333. The van der Waals surface area contributed by atoms with Gasteiger partial charge in [0.05, 0.1) is 28.9 Å². The van der Waals surface area contributed by atoms with Crippen LogP contribution in [0.5, 0.6) is 5.75 Å². The second kappa shape index (κ2) is 10.9. The van der Waals surface area contributed by atoms with Gasteiger partial charge in [-0.05, 0) is 44.0 Å². The molecule has 0 aliphatic heterocycles. The molecule has 150 valence electrons. The minimum Gasteiger partial charge on any atom is -0.494 e. The normalized spacial score (nSPS) is 10.4. The molecule has 2 rings (SSSR count). The van der Waals surface area contributed by atoms with E-state index in [4.69, 9.17) is 27.9 Å². The number of nitrogens with one attached hydrogen (secondary N) is 1. The van der Waals surface area contributed by atoms with Gasteiger partial charge in [0.15, 0.2) is 0 Å². The van der Waals surface area contributed by atoms with Crippen LogP contribution in [0.4, 0.5) is 5.69 Å². The molecule has 0 unspecified atom stereocenters. The Hall–Kier alpha value is -2.24. The number of carbonyl (C=O) groups is 2. The van der Waals surface area contributed by atoms with E-state index in [1.54, 1.807) is 18.2 Å². The molecule has 0 saturated carbocycles. The summed E-state index contributed by atoms with van der Waals surface area (Å²) in [6.45, 7) is 4.68. The Bertz CT molecular complexity index is 807. The van der Waals surface area contributed by atoms with Crippen molar-refractivity contribution in [3.63, 3.8) is 0 Å². The molecule has 5 nitrogen and oxygen atoms in total. The lowest BCUT2D eigenvalue weighted by atomic mass is 10.1. The van der Waals surface area contributed by atoms with Crippen LogP contribution in [0, 0.1) is 0 Å². The van der Waals surface area contributed by atoms with Gasteiger partial charge in [0.1, 0.15) is 5.75 Å². The Morgan fingerprint density at radius 3 is 2.36 bits per heavy atom. The number of carbonyl (C=O) groups excluding carboxylic acids is 2. The Kier molecular flexibility index (Phi) is 8.61. The highest BCUT2D eigenvalue weighted by molar-refractivity contribution is 6.39. The molecule has 2 amide bonds. The fourth-order valence-electron chi connectivity index (χ4n) is 2.75. The van der Waals surface area contributed by atoms with E-state index in [2.05, 4.69) is 5.32 Å². The molecule has 28 heavy (non-hydrogen) atoms. The van der Waals surface area contributed by atoms with Gasteiger partial charge in [0, 0.05) is 13.0 Å². The maximum absolute atomic E-state index is 12.6. The van der Waals surface area contributed by atoms with Gasteiger partial charge in [-0.25, -0.2) is 0 Å². The van der Waals surface area contributed by atoms with Crippen LogP contribution in [0.15, 0.2) is 42.5 Å². The van der Waals surface area contributed by atoms with E-state index in [-0.39, 0.29) is 24.8 Å². The van der Waals surface area contributed by atoms with Crippen molar-refractivity contribution in [2.45, 2.75) is 26.7 Å². The SMILES string of the molecule is CCOc1ccccc1CCC(=O)N(CC)CC(=O)Nc1c(Cl)cccc1Cl. The smallest absolute Gasteiger partial charge is 0.244 e. The number of nitrogens with zero attached hydrogens (tertiary/aromatic N) is 1. The van der Waals surface area contributed by atoms with Crippen LogP contribution >= 0.6 is 23.2 Å². The molecular formula is C21H24Cl2N2O3. The van der Waals surface area contributed by atoms with Gasteiger partial charge in [-0.3, -0.25) is 9.59 Å². The van der Waals surface area contributed by atoms with Crippen LogP contribution in [0.2, 0.25) is 10.0 Å². The summed E-state index contributed by atoms with van der Waals surface area (Å²) in [4.78, 5) is 26.5. The number of hydrogen-bond acceptors (Lipinski definition) is 3. The van der Waals surface area contributed by atoms with E-state index in [1.807, 2.05) is 38.1 Å². The van der Waals surface area contributed by atoms with E-state index in [0.29, 0.717) is 35.3 Å². The summed E-state index contributed by atoms with van der Waals surface area (Å²) >= 11 is 12.1. The van der Waals surface area contributed by atoms with Crippen LogP contribution in [0.3, 0.4) is 0 Å². The van der Waals surface area contributed by atoms with Gasteiger partial charge in [-0.15, -0.1) is 0 Å². The Labute approximate surface area is 175 Å². The zero-order chi connectivity index (χ0) is 20.5. The molecule has 0 saturated heterocycles. The first-order valence-electron chi connectivity index (χ1n) is 9.18. The first-order chi connectivity index (χ1) is 13.5. The van der Waals surface area contributed by atoms with E-state index in [1.165, 1.54) is 4.90 Å². The molecule has 0 radical (unpaired) electrons. The van der Waals surface area contributed by atoms with Crippen LogP contribution in [0.1, 0.15) is 25.8 Å². The van der Waals surface area contributed by atoms with Gasteiger partial charge in [0.25, 0.3) is 0 Å². The Balaban J connectivity index is 1.95. The van der Waals surface area contributed by atoms with Gasteiger partial charge >= 0.3 is 0 Å². The lowest BCUT2D eigenvalue weighted by Crippen LogP contribution is -2.38. The Morgan fingerprint density at radius 2 is 1.71 bits per heavy atom. The van der Waals surface area contributed by atoms with Crippen LogP contribution in [-0.4, -0.2) is 36.4 Å². The largest absolute Gasteiger partial charge is 0.494 e. The monoisotopic (exact) mass is 422 g/mol. The van der Waals surface area contributed by atoms with Gasteiger partial charge in [-0.2, -0.15) is 0 Å². The molecule has 1 N–H and O–H groups in total. The highest BCUT2D eigenvalue weighted by atomic mass is 35.5. The predicted molar refractivity (Wildman–Crippen MR) is 113 cm³/mol. The number of para-hydroxylation sites is 2. The number of benzene rings is 2. The predicted octanol–water partition coefficient (Wildman–Crippen LogP) is 4.81. The van der Waals surface area contributed by atoms with E-state index >= 15 is 0 Å². The lowest BCUT2D eigenvalue weighted by molar-refractivity contribution is -0.134. The number of amides is 2. The summed E-state index contributed by atoms with van der Waals surface area (Å²) < 4.78 is 5.60. The van der Waals surface area contributed by atoms with Crippen molar-refractivity contribution in [3.05, 3.63) is 58.1 Å². The molecule has 7 heteroatoms. The topological polar surface area (TPSA) is 58.6 Å². The van der Waals surface area contributed by atoms with E-state index < -0.39 is 0 Å². The third-order valence-corrected chi connectivity index (χ3v) is 4.81.